The van der Waals surface area contributed by atoms with Crippen molar-refractivity contribution in [1.29, 1.82) is 0 Å². The van der Waals surface area contributed by atoms with Gasteiger partial charge in [-0.25, -0.2) is 9.35 Å². The molecule has 2 saturated heterocycles. The predicted octanol–water partition coefficient (Wildman–Crippen LogP) is 5.56. The van der Waals surface area contributed by atoms with Crippen LogP contribution in [-0.4, -0.2) is 82.4 Å². The number of ether oxygens (including phenoxy) is 4. The first-order valence-corrected chi connectivity index (χ1v) is 20.4. The number of nitrogens with zero attached hydrogens (tertiary/aromatic N) is 4. The molecular formula is C31H37ClN4O6SSi. The van der Waals surface area contributed by atoms with E-state index in [9.17, 15) is 9.32 Å². The Kier molecular flexibility index (Phi) is 9.11. The maximum absolute atomic E-state index is 11.9. The summed E-state index contributed by atoms with van der Waals surface area (Å²) in [5.41, 5.74) is 4.89. The van der Waals surface area contributed by atoms with Gasteiger partial charge in [-0.2, -0.15) is 4.98 Å². The molecule has 2 fully saturated rings. The molecule has 1 unspecified atom stereocenters. The summed E-state index contributed by atoms with van der Waals surface area (Å²) < 4.78 is 42.1. The number of rotatable bonds is 10. The quantitative estimate of drug-likeness (QED) is 0.129. The van der Waals surface area contributed by atoms with Gasteiger partial charge in [-0.1, -0.05) is 61.6 Å². The van der Waals surface area contributed by atoms with Gasteiger partial charge in [0.15, 0.2) is 11.8 Å². The van der Waals surface area contributed by atoms with Crippen LogP contribution in [0, 0.1) is 0 Å². The number of halogens is 1. The lowest BCUT2D eigenvalue weighted by molar-refractivity contribution is 0.00336. The molecule has 1 N–H and O–H groups in total. The molecule has 44 heavy (non-hydrogen) atoms. The molecule has 0 spiro atoms. The second-order valence-electron chi connectivity index (χ2n) is 12.3. The Labute approximate surface area is 264 Å². The number of benzene rings is 2. The Morgan fingerprint density at radius 3 is 2.59 bits per heavy atom. The number of hydrogen-bond acceptors (Lipinski definition) is 9. The zero-order chi connectivity index (χ0) is 31.0. The van der Waals surface area contributed by atoms with Crippen LogP contribution in [0.15, 0.2) is 59.0 Å². The Morgan fingerprint density at radius 2 is 1.84 bits per heavy atom. The monoisotopic (exact) mass is 656 g/mol. The highest BCUT2D eigenvalue weighted by molar-refractivity contribution is 7.74. The summed E-state index contributed by atoms with van der Waals surface area (Å²) >= 11 is 6.90. The number of imidazole rings is 1. The number of thiol groups is 1. The van der Waals surface area contributed by atoms with E-state index < -0.39 is 43.1 Å². The van der Waals surface area contributed by atoms with Crippen molar-refractivity contribution in [2.45, 2.75) is 56.8 Å². The van der Waals surface area contributed by atoms with E-state index in [0.29, 0.717) is 40.2 Å². The molecule has 4 heterocycles. The summed E-state index contributed by atoms with van der Waals surface area (Å²) in [6, 6.07) is 18.6. The van der Waals surface area contributed by atoms with Crippen molar-refractivity contribution in [2.75, 3.05) is 26.1 Å². The van der Waals surface area contributed by atoms with Crippen LogP contribution < -0.4 is 4.74 Å². The van der Waals surface area contributed by atoms with Gasteiger partial charge in [-0.05, 0) is 41.4 Å². The number of hydrogen-bond donors (Lipinski definition) is 2. The van der Waals surface area contributed by atoms with E-state index in [-0.39, 0.29) is 19.9 Å². The van der Waals surface area contributed by atoms with E-state index in [0.717, 1.165) is 22.7 Å². The third-order valence-corrected chi connectivity index (χ3v) is 10.2. The molecule has 5 atom stereocenters. The maximum atomic E-state index is 11.9. The third-order valence-electron chi connectivity index (χ3n) is 7.69. The minimum absolute atomic E-state index is 0.183. The molecular weight excluding hydrogens is 620 g/mol. The smallest absolute Gasteiger partial charge is 0.301 e. The highest BCUT2D eigenvalue weighted by atomic mass is 35.5. The zero-order valence-corrected chi connectivity index (χ0v) is 27.8. The fraction of sp³-hybridized carbons (Fsp3) is 0.419. The van der Waals surface area contributed by atoms with Crippen LogP contribution in [0.25, 0.3) is 33.5 Å². The van der Waals surface area contributed by atoms with E-state index in [4.69, 9.17) is 40.5 Å². The highest BCUT2D eigenvalue weighted by Crippen LogP contribution is 2.39. The largest absolute Gasteiger partial charge is 0.456 e. The summed E-state index contributed by atoms with van der Waals surface area (Å²) in [7, 11) is -3.02. The Balaban J connectivity index is 1.42. The van der Waals surface area contributed by atoms with Crippen LogP contribution in [0.3, 0.4) is 0 Å². The number of pyridine rings is 1. The average molecular weight is 657 g/mol. The molecule has 0 radical (unpaired) electrons. The first-order valence-electron chi connectivity index (χ1n) is 14.6. The molecule has 13 heteroatoms. The Hall–Kier alpha value is -2.84. The van der Waals surface area contributed by atoms with Crippen molar-refractivity contribution in [3.05, 3.63) is 59.6 Å². The van der Waals surface area contributed by atoms with Gasteiger partial charge in [-0.15, -0.1) is 0 Å². The average Bonchev–Trinajstić information content (AvgIpc) is 3.65. The lowest BCUT2D eigenvalue weighted by Gasteiger charge is -2.19. The molecule has 0 bridgehead atoms. The number of aliphatic hydroxyl groups excluding tert-OH is 1. The van der Waals surface area contributed by atoms with E-state index in [1.165, 1.54) is 0 Å². The number of fused-ring (bicyclic) bond motifs is 2. The van der Waals surface area contributed by atoms with Crippen LogP contribution in [0.1, 0.15) is 0 Å². The standard InChI is InChI=1S/C31H37ClN4O6SSi/c1-43(38)35-20-10-11-21(22(14-20)19-8-6-5-7-9-19)27-23(32)15-24-30(34-27)36(18-39-12-13-44(2,3)4)31(33-24)42-26-17-41-28-25(37)16-40-29(26)28/h5-11,14-15,25-26,28-29,37,43H,12-13,16-18H2,1-4H3/t25-,26-,28-,29-/m1/s1. The zero-order valence-electron chi connectivity index (χ0n) is 25.1. The van der Waals surface area contributed by atoms with Crippen LogP contribution >= 0.6 is 11.6 Å². The van der Waals surface area contributed by atoms with Gasteiger partial charge in [0.05, 0.1) is 29.6 Å². The van der Waals surface area contributed by atoms with Gasteiger partial charge in [0, 0.05) is 37.1 Å². The topological polar surface area (TPSA) is 117 Å². The van der Waals surface area contributed by atoms with Crippen LogP contribution in [0.4, 0.5) is 5.69 Å². The fourth-order valence-electron chi connectivity index (χ4n) is 5.43. The second-order valence-corrected chi connectivity index (χ2v) is 19.5. The molecule has 2 aliphatic rings. The molecule has 2 aromatic heterocycles. The van der Waals surface area contributed by atoms with Crippen LogP contribution in [0.2, 0.25) is 30.7 Å². The molecule has 4 aromatic rings. The van der Waals surface area contributed by atoms with E-state index >= 15 is 0 Å². The summed E-state index contributed by atoms with van der Waals surface area (Å²) in [5, 5.41) is 10.6. The van der Waals surface area contributed by atoms with Gasteiger partial charge in [0.2, 0.25) is 0 Å². The molecule has 6 rings (SSSR count). The SMILES string of the molecule is C/[SH](=O)=N\c1ccc(-c2nc3c(cc2Cl)nc(O[C@@H]2CO[C@H]4[C@@H]2OC[C@H]4O)n3COCC[Si](C)(C)C)c(-c2ccccc2)c1. The molecule has 2 aromatic carbocycles. The Bertz CT molecular complexity index is 1740. The van der Waals surface area contributed by atoms with Crippen molar-refractivity contribution >= 4 is 47.1 Å². The van der Waals surface area contributed by atoms with Crippen molar-refractivity contribution in [1.82, 2.24) is 14.5 Å². The number of aliphatic hydroxyl groups is 1. The molecule has 10 nitrogen and oxygen atoms in total. The van der Waals surface area contributed by atoms with E-state index in [1.54, 1.807) is 12.3 Å². The van der Waals surface area contributed by atoms with Gasteiger partial charge < -0.3 is 24.1 Å². The van der Waals surface area contributed by atoms with Crippen molar-refractivity contribution in [3.8, 4) is 28.4 Å². The second kappa shape index (κ2) is 12.9. The molecule has 234 valence electrons. The minimum Gasteiger partial charge on any atom is -0.456 e. The van der Waals surface area contributed by atoms with Crippen molar-refractivity contribution < 1.29 is 28.3 Å². The predicted molar refractivity (Wildman–Crippen MR) is 175 cm³/mol. The summed E-state index contributed by atoms with van der Waals surface area (Å²) in [6.07, 6.45) is -0.383. The van der Waals surface area contributed by atoms with Crippen molar-refractivity contribution in [3.63, 3.8) is 0 Å². The highest BCUT2D eigenvalue weighted by Gasteiger charge is 2.49. The first-order chi connectivity index (χ1) is 21.1. The molecule has 0 amide bonds. The van der Waals surface area contributed by atoms with Gasteiger partial charge in [0.1, 0.15) is 30.6 Å². The van der Waals surface area contributed by atoms with Crippen LogP contribution in [0.5, 0.6) is 6.01 Å². The minimum atomic E-state index is -1.72. The van der Waals surface area contributed by atoms with Gasteiger partial charge in [-0.3, -0.25) is 8.78 Å². The van der Waals surface area contributed by atoms with E-state index in [2.05, 4.69) is 24.0 Å². The molecule has 0 aliphatic carbocycles. The van der Waals surface area contributed by atoms with Gasteiger partial charge >= 0.3 is 6.01 Å². The lowest BCUT2D eigenvalue weighted by Crippen LogP contribution is -2.35. The normalized spacial score (nSPS) is 22.5. The fourth-order valence-corrected chi connectivity index (χ4v) is 6.89. The summed E-state index contributed by atoms with van der Waals surface area (Å²) in [6.45, 7) is 8.18. The first kappa shape index (κ1) is 31.2. The summed E-state index contributed by atoms with van der Waals surface area (Å²) in [4.78, 5) is 9.81. The lowest BCUT2D eigenvalue weighted by atomic mass is 9.96. The third kappa shape index (κ3) is 6.71. The van der Waals surface area contributed by atoms with E-state index in [1.807, 2.05) is 53.1 Å². The van der Waals surface area contributed by atoms with Crippen LogP contribution in [-0.2, 0) is 31.5 Å². The number of aromatic nitrogens is 3. The maximum Gasteiger partial charge on any atom is 0.301 e. The summed E-state index contributed by atoms with van der Waals surface area (Å²) in [5.74, 6) is 0. The van der Waals surface area contributed by atoms with Gasteiger partial charge in [0.25, 0.3) is 0 Å². The van der Waals surface area contributed by atoms with Crippen molar-refractivity contribution in [2.24, 2.45) is 4.36 Å². The molecule has 2 aliphatic heterocycles. The Morgan fingerprint density at radius 1 is 1.07 bits per heavy atom. The molecule has 0 saturated carbocycles.